The number of hydrogen-bond donors (Lipinski definition) is 0. The van der Waals surface area contributed by atoms with E-state index in [9.17, 15) is 8.42 Å². The highest BCUT2D eigenvalue weighted by Crippen LogP contribution is 2.65. The molecule has 7 heteroatoms. The van der Waals surface area contributed by atoms with Crippen LogP contribution < -0.4 is 0 Å². The molecule has 4 fully saturated rings. The van der Waals surface area contributed by atoms with E-state index in [-0.39, 0.29) is 10.6 Å². The first-order valence-electron chi connectivity index (χ1n) is 7.55. The molecule has 1 aromatic rings. The fourth-order valence-electron chi connectivity index (χ4n) is 5.97. The number of rotatable bonds is 2. The fourth-order valence-corrected chi connectivity index (χ4v) is 6.93. The standard InChI is InChI=1S/C14H20ClN3O2S/c1-13-4-9-3-10(5-13)7-14(6-9,8-13)11-16-17-12(18(11)2)21(15,19)20/h9-10H,3-8H2,1-2H3. The van der Waals surface area contributed by atoms with Crippen molar-refractivity contribution >= 4 is 19.7 Å². The third-order valence-corrected chi connectivity index (χ3v) is 7.09. The molecule has 0 N–H and O–H groups in total. The monoisotopic (exact) mass is 329 g/mol. The zero-order valence-corrected chi connectivity index (χ0v) is 13.9. The average Bonchev–Trinajstić information content (AvgIpc) is 2.67. The van der Waals surface area contributed by atoms with Crippen LogP contribution in [0.4, 0.5) is 0 Å². The Morgan fingerprint density at radius 1 is 1.19 bits per heavy atom. The molecule has 0 spiro atoms. The Morgan fingerprint density at radius 3 is 2.29 bits per heavy atom. The first-order chi connectivity index (χ1) is 9.71. The first-order valence-corrected chi connectivity index (χ1v) is 9.86. The lowest BCUT2D eigenvalue weighted by Crippen LogP contribution is -2.53. The van der Waals surface area contributed by atoms with Gasteiger partial charge in [-0.15, -0.1) is 10.2 Å². The quantitative estimate of drug-likeness (QED) is 0.782. The Bertz CT molecular complexity index is 698. The van der Waals surface area contributed by atoms with Gasteiger partial charge < -0.3 is 4.57 Å². The maximum atomic E-state index is 11.6. The molecule has 0 aliphatic heterocycles. The van der Waals surface area contributed by atoms with Crippen LogP contribution in [0.15, 0.2) is 5.16 Å². The van der Waals surface area contributed by atoms with Crippen LogP contribution in [0.25, 0.3) is 0 Å². The Balaban J connectivity index is 1.82. The second-order valence-electron chi connectivity index (χ2n) is 7.86. The van der Waals surface area contributed by atoms with Gasteiger partial charge in [0.1, 0.15) is 5.82 Å². The summed E-state index contributed by atoms with van der Waals surface area (Å²) in [6, 6.07) is 0. The van der Waals surface area contributed by atoms with E-state index in [1.165, 1.54) is 19.3 Å². The Hall–Kier alpha value is -0.620. The van der Waals surface area contributed by atoms with E-state index < -0.39 is 9.05 Å². The molecule has 0 radical (unpaired) electrons. The van der Waals surface area contributed by atoms with Gasteiger partial charge in [0, 0.05) is 23.1 Å². The predicted octanol–water partition coefficient (Wildman–Crippen LogP) is 2.60. The molecule has 2 atom stereocenters. The van der Waals surface area contributed by atoms with Crippen LogP contribution in [0.1, 0.15) is 51.3 Å². The van der Waals surface area contributed by atoms with Gasteiger partial charge in [-0.05, 0) is 55.8 Å². The molecule has 0 aromatic carbocycles. The summed E-state index contributed by atoms with van der Waals surface area (Å²) in [6.07, 6.45) is 7.28. The summed E-state index contributed by atoms with van der Waals surface area (Å²) in [7, 11) is 3.35. The van der Waals surface area contributed by atoms with Crippen molar-refractivity contribution in [2.24, 2.45) is 24.3 Å². The number of aromatic nitrogens is 3. The SMILES string of the molecule is Cn1c(C23CC4CC(CC(C)(C4)C2)C3)nnc1S(=O)(=O)Cl. The molecule has 21 heavy (non-hydrogen) atoms. The second-order valence-corrected chi connectivity index (χ2v) is 10.3. The minimum Gasteiger partial charge on any atom is -0.303 e. The van der Waals surface area contributed by atoms with Gasteiger partial charge in [-0.2, -0.15) is 0 Å². The zero-order chi connectivity index (χ0) is 15.0. The summed E-state index contributed by atoms with van der Waals surface area (Å²) in [6.45, 7) is 2.38. The summed E-state index contributed by atoms with van der Waals surface area (Å²) < 4.78 is 24.8. The van der Waals surface area contributed by atoms with Crippen molar-refractivity contribution in [3.63, 3.8) is 0 Å². The minimum absolute atomic E-state index is 0.000409. The number of halogens is 1. The molecule has 0 amide bonds. The Kier molecular flexibility index (Phi) is 2.68. The molecular formula is C14H20ClN3O2S. The topological polar surface area (TPSA) is 64.8 Å². The first kappa shape index (κ1) is 14.0. The highest BCUT2D eigenvalue weighted by Gasteiger charge is 2.58. The van der Waals surface area contributed by atoms with Crippen LogP contribution in [-0.4, -0.2) is 23.2 Å². The van der Waals surface area contributed by atoms with Crippen LogP contribution in [0, 0.1) is 17.3 Å². The van der Waals surface area contributed by atoms with E-state index in [1.807, 2.05) is 0 Å². The van der Waals surface area contributed by atoms with Crippen molar-refractivity contribution < 1.29 is 8.42 Å². The van der Waals surface area contributed by atoms with Gasteiger partial charge in [-0.1, -0.05) is 6.92 Å². The lowest BCUT2D eigenvalue weighted by Gasteiger charge is -2.60. The normalized spacial score (nSPS) is 41.7. The molecule has 4 aliphatic rings. The van der Waals surface area contributed by atoms with Crippen molar-refractivity contribution in [1.82, 2.24) is 14.8 Å². The summed E-state index contributed by atoms with van der Waals surface area (Å²) in [5, 5.41) is 7.99. The molecule has 4 bridgehead atoms. The average molecular weight is 330 g/mol. The lowest BCUT2D eigenvalue weighted by molar-refractivity contribution is -0.0659. The molecule has 5 rings (SSSR count). The van der Waals surface area contributed by atoms with Crippen molar-refractivity contribution in [3.8, 4) is 0 Å². The van der Waals surface area contributed by atoms with Gasteiger partial charge in [-0.25, -0.2) is 8.42 Å². The lowest BCUT2D eigenvalue weighted by atomic mass is 9.44. The van der Waals surface area contributed by atoms with Crippen molar-refractivity contribution in [2.45, 2.75) is 56.0 Å². The smallest absolute Gasteiger partial charge is 0.296 e. The van der Waals surface area contributed by atoms with Crippen LogP contribution in [0.2, 0.25) is 0 Å². The van der Waals surface area contributed by atoms with Crippen molar-refractivity contribution in [3.05, 3.63) is 5.82 Å². The minimum atomic E-state index is -3.84. The Morgan fingerprint density at radius 2 is 1.81 bits per heavy atom. The van der Waals surface area contributed by atoms with Gasteiger partial charge in [0.25, 0.3) is 14.2 Å². The highest BCUT2D eigenvalue weighted by molar-refractivity contribution is 8.13. The van der Waals surface area contributed by atoms with Gasteiger partial charge >= 0.3 is 0 Å². The van der Waals surface area contributed by atoms with Crippen molar-refractivity contribution in [2.75, 3.05) is 0 Å². The summed E-state index contributed by atoms with van der Waals surface area (Å²) in [5.74, 6) is 2.33. The number of nitrogens with zero attached hydrogens (tertiary/aromatic N) is 3. The molecule has 1 heterocycles. The fraction of sp³-hybridized carbons (Fsp3) is 0.857. The summed E-state index contributed by atoms with van der Waals surface area (Å²) in [4.78, 5) is 0. The van der Waals surface area contributed by atoms with E-state index in [0.717, 1.165) is 36.9 Å². The summed E-state index contributed by atoms with van der Waals surface area (Å²) in [5.41, 5.74) is 0.385. The van der Waals surface area contributed by atoms with E-state index in [4.69, 9.17) is 10.7 Å². The van der Waals surface area contributed by atoms with E-state index in [2.05, 4.69) is 17.1 Å². The maximum Gasteiger partial charge on any atom is 0.296 e. The van der Waals surface area contributed by atoms with Gasteiger partial charge in [-0.3, -0.25) is 0 Å². The van der Waals surface area contributed by atoms with Gasteiger partial charge in [0.15, 0.2) is 0 Å². The number of hydrogen-bond acceptors (Lipinski definition) is 4. The zero-order valence-electron chi connectivity index (χ0n) is 12.3. The predicted molar refractivity (Wildman–Crippen MR) is 78.5 cm³/mol. The summed E-state index contributed by atoms with van der Waals surface area (Å²) >= 11 is 0. The maximum absolute atomic E-state index is 11.6. The van der Waals surface area contributed by atoms with Crippen LogP contribution >= 0.6 is 10.7 Å². The van der Waals surface area contributed by atoms with Crippen molar-refractivity contribution in [1.29, 1.82) is 0 Å². The van der Waals surface area contributed by atoms with Crippen LogP contribution in [0.3, 0.4) is 0 Å². The third kappa shape index (κ3) is 1.98. The molecule has 5 nitrogen and oxygen atoms in total. The van der Waals surface area contributed by atoms with Gasteiger partial charge in [0.2, 0.25) is 0 Å². The highest BCUT2D eigenvalue weighted by atomic mass is 35.7. The van der Waals surface area contributed by atoms with Crippen LogP contribution in [0.5, 0.6) is 0 Å². The second kappa shape index (κ2) is 4.02. The van der Waals surface area contributed by atoms with E-state index in [1.54, 1.807) is 11.6 Å². The van der Waals surface area contributed by atoms with Crippen LogP contribution in [-0.2, 0) is 21.5 Å². The molecular weight excluding hydrogens is 310 g/mol. The molecule has 116 valence electrons. The molecule has 0 saturated heterocycles. The molecule has 2 unspecified atom stereocenters. The molecule has 4 aliphatic carbocycles. The van der Waals surface area contributed by atoms with E-state index >= 15 is 0 Å². The Labute approximate surface area is 129 Å². The molecule has 1 aromatic heterocycles. The van der Waals surface area contributed by atoms with E-state index in [0.29, 0.717) is 5.41 Å². The molecule has 4 saturated carbocycles. The third-order valence-electron chi connectivity index (χ3n) is 5.88. The van der Waals surface area contributed by atoms with Gasteiger partial charge in [0.05, 0.1) is 0 Å². The largest absolute Gasteiger partial charge is 0.303 e.